The minimum Gasteiger partial charge on any atom is -0.376 e. The van der Waals surface area contributed by atoms with Crippen LogP contribution in [-0.2, 0) is 9.47 Å². The number of morpholine rings is 1. The molecular formula is C17H34N2O2. The van der Waals surface area contributed by atoms with Crippen LogP contribution in [0.4, 0.5) is 0 Å². The second-order valence-electron chi connectivity index (χ2n) is 7.17. The van der Waals surface area contributed by atoms with E-state index >= 15 is 0 Å². The Kier molecular flexibility index (Phi) is 6.93. The Hall–Kier alpha value is -0.160. The third-order valence-corrected chi connectivity index (χ3v) is 4.61. The van der Waals surface area contributed by atoms with Crippen LogP contribution in [0.2, 0.25) is 0 Å². The lowest BCUT2D eigenvalue weighted by Crippen LogP contribution is -2.51. The van der Waals surface area contributed by atoms with E-state index in [0.717, 1.165) is 32.8 Å². The molecule has 2 fully saturated rings. The second-order valence-corrected chi connectivity index (χ2v) is 7.17. The molecule has 2 rings (SSSR count). The third-order valence-electron chi connectivity index (χ3n) is 4.61. The van der Waals surface area contributed by atoms with Gasteiger partial charge in [-0.2, -0.15) is 0 Å². The Morgan fingerprint density at radius 2 is 2.00 bits per heavy atom. The van der Waals surface area contributed by atoms with Crippen molar-refractivity contribution in [2.75, 3.05) is 32.8 Å². The molecule has 2 heterocycles. The van der Waals surface area contributed by atoms with Gasteiger partial charge in [0, 0.05) is 25.7 Å². The van der Waals surface area contributed by atoms with Crippen LogP contribution in [-0.4, -0.2) is 62.0 Å². The third kappa shape index (κ3) is 5.51. The van der Waals surface area contributed by atoms with Gasteiger partial charge in [0.25, 0.3) is 0 Å². The van der Waals surface area contributed by atoms with Crippen molar-refractivity contribution in [1.82, 2.24) is 10.2 Å². The smallest absolute Gasteiger partial charge is 0.0707 e. The lowest BCUT2D eigenvalue weighted by atomic mass is 10.1. The molecule has 0 aromatic heterocycles. The Morgan fingerprint density at radius 3 is 2.71 bits per heavy atom. The molecule has 2 saturated heterocycles. The zero-order chi connectivity index (χ0) is 15.2. The van der Waals surface area contributed by atoms with E-state index in [1.807, 2.05) is 0 Å². The predicted molar refractivity (Wildman–Crippen MR) is 86.7 cm³/mol. The van der Waals surface area contributed by atoms with Crippen molar-refractivity contribution in [2.45, 2.75) is 71.3 Å². The molecule has 1 N–H and O–H groups in total. The Bertz CT molecular complexity index is 299. The molecule has 124 valence electrons. The zero-order valence-corrected chi connectivity index (χ0v) is 14.3. The molecule has 4 nitrogen and oxygen atoms in total. The maximum atomic E-state index is 6.23. The molecule has 0 radical (unpaired) electrons. The predicted octanol–water partition coefficient (Wildman–Crippen LogP) is 2.28. The fourth-order valence-corrected chi connectivity index (χ4v) is 3.37. The van der Waals surface area contributed by atoms with Gasteiger partial charge in [0.2, 0.25) is 0 Å². The average molecular weight is 298 g/mol. The maximum absolute atomic E-state index is 6.23. The van der Waals surface area contributed by atoms with Crippen LogP contribution in [0, 0.1) is 5.92 Å². The van der Waals surface area contributed by atoms with Crippen LogP contribution >= 0.6 is 0 Å². The minimum atomic E-state index is 0.359. The number of rotatable bonds is 7. The number of nitrogens with zero attached hydrogens (tertiary/aromatic N) is 1. The van der Waals surface area contributed by atoms with E-state index in [-0.39, 0.29) is 0 Å². The normalized spacial score (nSPS) is 34.7. The number of nitrogens with one attached hydrogen (secondary N) is 1. The van der Waals surface area contributed by atoms with Crippen LogP contribution < -0.4 is 5.32 Å². The summed E-state index contributed by atoms with van der Waals surface area (Å²) < 4.78 is 12.0. The maximum Gasteiger partial charge on any atom is 0.0707 e. The van der Waals surface area contributed by atoms with Gasteiger partial charge >= 0.3 is 0 Å². The van der Waals surface area contributed by atoms with Crippen molar-refractivity contribution in [2.24, 2.45) is 5.92 Å². The van der Waals surface area contributed by atoms with Crippen molar-refractivity contribution in [3.8, 4) is 0 Å². The first kappa shape index (κ1) is 17.2. The topological polar surface area (TPSA) is 33.7 Å². The highest BCUT2D eigenvalue weighted by molar-refractivity contribution is 4.83. The molecule has 0 bridgehead atoms. The fourth-order valence-electron chi connectivity index (χ4n) is 3.37. The van der Waals surface area contributed by atoms with Gasteiger partial charge < -0.3 is 14.8 Å². The van der Waals surface area contributed by atoms with Crippen LogP contribution in [0.1, 0.15) is 47.0 Å². The van der Waals surface area contributed by atoms with Gasteiger partial charge in [-0.3, -0.25) is 4.90 Å². The van der Waals surface area contributed by atoms with Crippen molar-refractivity contribution in [1.29, 1.82) is 0 Å². The molecule has 21 heavy (non-hydrogen) atoms. The van der Waals surface area contributed by atoms with Gasteiger partial charge in [0.1, 0.15) is 0 Å². The summed E-state index contributed by atoms with van der Waals surface area (Å²) >= 11 is 0. The first-order valence-corrected chi connectivity index (χ1v) is 8.80. The van der Waals surface area contributed by atoms with E-state index in [0.29, 0.717) is 30.3 Å². The number of hydrogen-bond acceptors (Lipinski definition) is 4. The van der Waals surface area contributed by atoms with Crippen LogP contribution in [0.3, 0.4) is 0 Å². The van der Waals surface area contributed by atoms with Crippen molar-refractivity contribution < 1.29 is 9.47 Å². The van der Waals surface area contributed by atoms with Gasteiger partial charge in [-0.25, -0.2) is 0 Å². The fraction of sp³-hybridized carbons (Fsp3) is 1.00. The Morgan fingerprint density at radius 1 is 1.24 bits per heavy atom. The second kappa shape index (κ2) is 8.47. The monoisotopic (exact) mass is 298 g/mol. The van der Waals surface area contributed by atoms with E-state index in [1.54, 1.807) is 0 Å². The minimum absolute atomic E-state index is 0.359. The summed E-state index contributed by atoms with van der Waals surface area (Å²) in [7, 11) is 0. The molecule has 2 aliphatic heterocycles. The van der Waals surface area contributed by atoms with Crippen LogP contribution in [0.15, 0.2) is 0 Å². The van der Waals surface area contributed by atoms with Crippen LogP contribution in [0.25, 0.3) is 0 Å². The zero-order valence-electron chi connectivity index (χ0n) is 14.3. The molecule has 4 atom stereocenters. The van der Waals surface area contributed by atoms with Gasteiger partial charge in [0.15, 0.2) is 0 Å². The largest absolute Gasteiger partial charge is 0.376 e. The summed E-state index contributed by atoms with van der Waals surface area (Å²) in [4.78, 5) is 2.59. The molecule has 2 aliphatic rings. The van der Waals surface area contributed by atoms with E-state index in [1.165, 1.54) is 19.3 Å². The van der Waals surface area contributed by atoms with E-state index in [2.05, 4.69) is 37.9 Å². The summed E-state index contributed by atoms with van der Waals surface area (Å²) in [5, 5.41) is 3.52. The highest BCUT2D eigenvalue weighted by Gasteiger charge is 2.31. The highest BCUT2D eigenvalue weighted by Crippen LogP contribution is 2.23. The quantitative estimate of drug-likeness (QED) is 0.782. The van der Waals surface area contributed by atoms with E-state index in [9.17, 15) is 0 Å². The SMILES string of the molecule is CCC1COC(C)CN1CC1CCC(CNCC(C)C)O1. The Labute approximate surface area is 130 Å². The lowest BCUT2D eigenvalue weighted by molar-refractivity contribution is -0.0746. The summed E-state index contributed by atoms with van der Waals surface area (Å²) in [6, 6.07) is 0.572. The number of ether oxygens (including phenoxy) is 2. The lowest BCUT2D eigenvalue weighted by Gasteiger charge is -2.39. The van der Waals surface area contributed by atoms with Gasteiger partial charge in [-0.05, 0) is 38.6 Å². The van der Waals surface area contributed by atoms with Gasteiger partial charge in [-0.15, -0.1) is 0 Å². The summed E-state index contributed by atoms with van der Waals surface area (Å²) in [6.45, 7) is 14.0. The van der Waals surface area contributed by atoms with Gasteiger partial charge in [0.05, 0.1) is 24.9 Å². The molecule has 0 spiro atoms. The molecule has 0 saturated carbocycles. The molecule has 4 unspecified atom stereocenters. The van der Waals surface area contributed by atoms with Crippen LogP contribution in [0.5, 0.6) is 0 Å². The first-order valence-electron chi connectivity index (χ1n) is 8.80. The molecule has 4 heteroatoms. The summed E-state index contributed by atoms with van der Waals surface area (Å²) in [5.41, 5.74) is 0. The van der Waals surface area contributed by atoms with Crippen molar-refractivity contribution >= 4 is 0 Å². The van der Waals surface area contributed by atoms with Crippen molar-refractivity contribution in [3.05, 3.63) is 0 Å². The van der Waals surface area contributed by atoms with Crippen molar-refractivity contribution in [3.63, 3.8) is 0 Å². The summed E-state index contributed by atoms with van der Waals surface area (Å²) in [6.07, 6.45) is 4.75. The van der Waals surface area contributed by atoms with E-state index in [4.69, 9.17) is 9.47 Å². The molecule has 0 aliphatic carbocycles. The molecular weight excluding hydrogens is 264 g/mol. The van der Waals surface area contributed by atoms with Gasteiger partial charge in [-0.1, -0.05) is 20.8 Å². The average Bonchev–Trinajstić information content (AvgIpc) is 2.86. The molecule has 0 aromatic carbocycles. The molecule has 0 aromatic rings. The Balaban J connectivity index is 1.71. The summed E-state index contributed by atoms with van der Waals surface area (Å²) in [5.74, 6) is 0.711. The standard InChI is InChI=1S/C17H34N2O2/c1-5-15-12-20-14(4)10-19(15)11-17-7-6-16(21-17)9-18-8-13(2)3/h13-18H,5-12H2,1-4H3. The van der Waals surface area contributed by atoms with E-state index < -0.39 is 0 Å². The molecule has 0 amide bonds. The highest BCUT2D eigenvalue weighted by atomic mass is 16.5. The number of hydrogen-bond donors (Lipinski definition) is 1. The first-order chi connectivity index (χ1) is 10.1.